The van der Waals surface area contributed by atoms with Crippen molar-refractivity contribution in [1.29, 1.82) is 0 Å². The molecule has 0 unspecified atom stereocenters. The van der Waals surface area contributed by atoms with E-state index >= 15 is 0 Å². The van der Waals surface area contributed by atoms with Gasteiger partial charge in [0.25, 0.3) is 0 Å². The van der Waals surface area contributed by atoms with Crippen LogP contribution in [0.5, 0.6) is 0 Å². The molecule has 8 heteroatoms. The summed E-state index contributed by atoms with van der Waals surface area (Å²) in [5.41, 5.74) is 3.65. The van der Waals surface area contributed by atoms with E-state index in [0.717, 1.165) is 82.1 Å². The summed E-state index contributed by atoms with van der Waals surface area (Å²) in [5.74, 6) is 1.99. The monoisotopic (exact) mass is 618 g/mol. The number of ether oxygens (including phenoxy) is 4. The fourth-order valence-electron chi connectivity index (χ4n) is 6.05. The van der Waals surface area contributed by atoms with Gasteiger partial charge in [-0.25, -0.2) is 9.59 Å². The van der Waals surface area contributed by atoms with Crippen molar-refractivity contribution in [3.63, 3.8) is 0 Å². The van der Waals surface area contributed by atoms with Gasteiger partial charge in [0.05, 0.1) is 39.0 Å². The normalized spacial score (nSPS) is 21.7. The van der Waals surface area contributed by atoms with E-state index in [-0.39, 0.29) is 0 Å². The molecule has 45 heavy (non-hydrogen) atoms. The molecule has 2 saturated carbocycles. The van der Waals surface area contributed by atoms with Gasteiger partial charge >= 0.3 is 12.2 Å². The molecule has 2 aromatic carbocycles. The number of rotatable bonds is 14. The predicted molar refractivity (Wildman–Crippen MR) is 178 cm³/mol. The van der Waals surface area contributed by atoms with Crippen LogP contribution in [0.3, 0.4) is 0 Å². The molecule has 2 aliphatic carbocycles. The van der Waals surface area contributed by atoms with Crippen LogP contribution in [0.1, 0.15) is 76.3 Å². The summed E-state index contributed by atoms with van der Waals surface area (Å²) < 4.78 is 22.1. The van der Waals surface area contributed by atoms with E-state index in [1.807, 2.05) is 74.5 Å². The van der Waals surface area contributed by atoms with Crippen molar-refractivity contribution in [2.24, 2.45) is 23.7 Å². The first-order valence-electron chi connectivity index (χ1n) is 16.5. The zero-order chi connectivity index (χ0) is 31.7. The molecule has 2 aliphatic rings. The van der Waals surface area contributed by atoms with Gasteiger partial charge in [0.1, 0.15) is 0 Å². The maximum atomic E-state index is 12.3. The van der Waals surface area contributed by atoms with Crippen molar-refractivity contribution in [2.75, 3.05) is 37.1 Å². The van der Waals surface area contributed by atoms with Gasteiger partial charge in [0.15, 0.2) is 0 Å². The number of nitrogens with one attached hydrogen (secondary N) is 2. The summed E-state index contributed by atoms with van der Waals surface area (Å²) >= 11 is 0. The van der Waals surface area contributed by atoms with E-state index in [9.17, 15) is 9.59 Å². The Morgan fingerprint density at radius 1 is 0.578 bits per heavy atom. The van der Waals surface area contributed by atoms with Crippen LogP contribution in [0.2, 0.25) is 0 Å². The highest BCUT2D eigenvalue weighted by Crippen LogP contribution is 2.30. The third-order valence-corrected chi connectivity index (χ3v) is 8.77. The molecule has 2 N–H and O–H groups in total. The Bertz CT molecular complexity index is 1110. The largest absolute Gasteiger partial charge is 0.501 e. The molecule has 8 nitrogen and oxygen atoms in total. The lowest BCUT2D eigenvalue weighted by molar-refractivity contribution is 0.102. The maximum Gasteiger partial charge on any atom is 0.411 e. The first-order chi connectivity index (χ1) is 22.0. The number of hydrogen-bond acceptors (Lipinski definition) is 6. The quantitative estimate of drug-likeness (QED) is 0.205. The van der Waals surface area contributed by atoms with Crippen molar-refractivity contribution >= 4 is 23.6 Å². The van der Waals surface area contributed by atoms with Gasteiger partial charge in [-0.15, -0.1) is 0 Å². The molecule has 0 bridgehead atoms. The molecule has 0 heterocycles. The van der Waals surface area contributed by atoms with Crippen LogP contribution in [0, 0.1) is 23.7 Å². The molecule has 0 saturated heterocycles. The Hall–Kier alpha value is -3.94. The molecular weight excluding hydrogens is 568 g/mol. The molecule has 2 fully saturated rings. The highest BCUT2D eigenvalue weighted by atomic mass is 16.6. The zero-order valence-corrected chi connectivity index (χ0v) is 26.9. The second-order valence-corrected chi connectivity index (χ2v) is 12.4. The van der Waals surface area contributed by atoms with Crippen molar-refractivity contribution in [1.82, 2.24) is 0 Å². The summed E-state index contributed by atoms with van der Waals surface area (Å²) in [5, 5.41) is 5.67. The van der Waals surface area contributed by atoms with E-state index in [1.165, 1.54) is 0 Å². The van der Waals surface area contributed by atoms with Crippen molar-refractivity contribution in [3.05, 3.63) is 84.3 Å². The van der Waals surface area contributed by atoms with Gasteiger partial charge in [-0.3, -0.25) is 10.6 Å². The Balaban J connectivity index is 1.10. The first-order valence-corrected chi connectivity index (χ1v) is 16.5. The lowest BCUT2D eigenvalue weighted by Gasteiger charge is -2.27. The standard InChI is InChI=1S/C37H50N2O6/c1-3-21-42-24-30-5-9-32(10-6-30)26-44-36(40)38-34-17-13-28(14-18-34)23-29-15-19-35(20-16-29)39-37(41)45-27-33-11-7-31(8-12-33)25-43-22-4-2/h3-4,13-22,30-33H,5-12,23-27H2,1-2H3,(H,38,40)(H,39,41). The Morgan fingerprint density at radius 3 is 1.24 bits per heavy atom. The minimum absolute atomic E-state index is 0.410. The van der Waals surface area contributed by atoms with Crippen LogP contribution in [0.4, 0.5) is 21.0 Å². The first kappa shape index (κ1) is 33.9. The van der Waals surface area contributed by atoms with Crippen LogP contribution in [0.25, 0.3) is 0 Å². The second kappa shape index (κ2) is 18.8. The minimum Gasteiger partial charge on any atom is -0.501 e. The molecule has 0 aliphatic heterocycles. The Kier molecular flexibility index (Phi) is 14.2. The topological polar surface area (TPSA) is 95.1 Å². The molecule has 0 atom stereocenters. The van der Waals surface area contributed by atoms with Crippen LogP contribution in [-0.4, -0.2) is 38.6 Å². The van der Waals surface area contributed by atoms with Gasteiger partial charge in [-0.2, -0.15) is 0 Å². The highest BCUT2D eigenvalue weighted by Gasteiger charge is 2.23. The average Bonchev–Trinajstić information content (AvgIpc) is 3.06. The van der Waals surface area contributed by atoms with E-state index in [4.69, 9.17) is 18.9 Å². The fraction of sp³-hybridized carbons (Fsp3) is 0.514. The van der Waals surface area contributed by atoms with Crippen LogP contribution >= 0.6 is 0 Å². The Morgan fingerprint density at radius 2 is 0.911 bits per heavy atom. The number of carbonyl (C=O) groups excluding carboxylic acids is 2. The maximum absolute atomic E-state index is 12.3. The van der Waals surface area contributed by atoms with Crippen molar-refractivity contribution < 1.29 is 28.5 Å². The molecule has 0 spiro atoms. The third-order valence-electron chi connectivity index (χ3n) is 8.77. The number of amides is 2. The summed E-state index contributed by atoms with van der Waals surface area (Å²) in [6.45, 7) is 6.33. The summed E-state index contributed by atoms with van der Waals surface area (Å²) in [7, 11) is 0. The summed E-state index contributed by atoms with van der Waals surface area (Å²) in [6, 6.07) is 15.6. The minimum atomic E-state index is -0.416. The number of benzene rings is 2. The number of hydrogen-bond donors (Lipinski definition) is 2. The van der Waals surface area contributed by atoms with Crippen LogP contribution < -0.4 is 10.6 Å². The molecule has 244 valence electrons. The van der Waals surface area contributed by atoms with Gasteiger partial charge < -0.3 is 18.9 Å². The van der Waals surface area contributed by atoms with E-state index in [1.54, 1.807) is 12.5 Å². The second-order valence-electron chi connectivity index (χ2n) is 12.4. The van der Waals surface area contributed by atoms with Gasteiger partial charge in [-0.05, 0) is 131 Å². The van der Waals surface area contributed by atoms with Crippen LogP contribution in [0.15, 0.2) is 73.2 Å². The number of allylic oxidation sites excluding steroid dienone is 2. The Labute approximate surface area is 268 Å². The average molecular weight is 619 g/mol. The van der Waals surface area contributed by atoms with Crippen molar-refractivity contribution in [3.8, 4) is 0 Å². The van der Waals surface area contributed by atoms with Gasteiger partial charge in [0, 0.05) is 11.4 Å². The third kappa shape index (κ3) is 12.5. The predicted octanol–water partition coefficient (Wildman–Crippen LogP) is 9.09. The summed E-state index contributed by atoms with van der Waals surface area (Å²) in [4.78, 5) is 24.7. The number of carbonyl (C=O) groups is 2. The lowest BCUT2D eigenvalue weighted by Crippen LogP contribution is -2.24. The molecule has 2 amide bonds. The molecule has 4 rings (SSSR count). The molecule has 2 aromatic rings. The smallest absolute Gasteiger partial charge is 0.411 e. The van der Waals surface area contributed by atoms with Crippen molar-refractivity contribution in [2.45, 2.75) is 71.6 Å². The lowest BCUT2D eigenvalue weighted by atomic mass is 9.83. The SMILES string of the molecule is CC=COCC1CCC(COC(=O)Nc2ccc(Cc3ccc(NC(=O)OCC4CCC(COC=CC)CC4)cc3)cc2)CC1. The highest BCUT2D eigenvalue weighted by molar-refractivity contribution is 5.85. The molecule has 0 aromatic heterocycles. The molecular formula is C37H50N2O6. The summed E-state index contributed by atoms with van der Waals surface area (Å²) in [6.07, 6.45) is 15.9. The number of anilines is 2. The van der Waals surface area contributed by atoms with E-state index in [2.05, 4.69) is 10.6 Å². The van der Waals surface area contributed by atoms with Gasteiger partial charge in [0.2, 0.25) is 0 Å². The van der Waals surface area contributed by atoms with E-state index in [0.29, 0.717) is 48.3 Å². The van der Waals surface area contributed by atoms with Crippen LogP contribution in [-0.2, 0) is 25.4 Å². The van der Waals surface area contributed by atoms with E-state index < -0.39 is 12.2 Å². The van der Waals surface area contributed by atoms with Gasteiger partial charge in [-0.1, -0.05) is 36.4 Å². The fourth-order valence-corrected chi connectivity index (χ4v) is 6.05. The zero-order valence-electron chi connectivity index (χ0n) is 26.9. The molecule has 0 radical (unpaired) electrons.